The van der Waals surface area contributed by atoms with E-state index in [9.17, 15) is 5.21 Å². The van der Waals surface area contributed by atoms with E-state index in [0.29, 0.717) is 0 Å². The Bertz CT molecular complexity index is 3010. The second-order valence-electron chi connectivity index (χ2n) is 19.8. The number of aryl methyl sites for hydroxylation is 21. The Hall–Kier alpha value is -8.84. The molecule has 0 aromatic carbocycles. The Kier molecular flexibility index (Phi) is 35.0. The van der Waals surface area contributed by atoms with Crippen LogP contribution in [0.15, 0.2) is 165 Å². The standard InChI is InChI=1S/4C8H11N.2C7H9N.C6H8N2.C6H7NO.C6H7N.C5H6N2/c1-6-4-8(3)9-5-7(6)2;1-6-4-7(2)8(3)9-5-6;1-6-4-7(2)9-8(3)5-6;1-6-4-5-7(2)9-8(6)3;1-6-3-4-8-5-7(6)2;1-6-3-4-8-7(2)5-6;1-5-3-4-7-6(2)8-5;1-6-2-4-7(8)5-3-6;1-6-2-4-7-5-3-6;1-5-6-3-2-4-7-5/h4*4-5H,1-3H3;2*3-5H,1-2H3;3-4H,1-2H3;2-5H,1H3;2-5H,1H3;2-4H,1H3. The molecule has 10 aromatic rings. The van der Waals surface area contributed by atoms with Crippen LogP contribution >= 0.6 is 0 Å². The number of hydrogen-bond donors (Lipinski definition) is 0. The predicted molar refractivity (Wildman–Crippen MR) is 339 cm³/mol. The van der Waals surface area contributed by atoms with E-state index in [1.807, 2.05) is 150 Å². The SMILES string of the molecule is Cc1cc(C)c(C)cn1.Cc1cc(C)nc(C)c1.Cc1cc[n+]([O-])cc1.Cc1ccc(C)c(C)n1.Cc1ccnc(C)c1.Cc1ccnc(C)n1.Cc1ccncc1.Cc1ccncc1C.Cc1cnc(C)c(C)c1.Cc1ncccn1. The minimum Gasteiger partial charge on any atom is -0.619 e. The Morgan fingerprint density at radius 1 is 0.280 bits per heavy atom. The molecular formula is C69H90N12O. The molecule has 0 fully saturated rings. The fourth-order valence-electron chi connectivity index (χ4n) is 6.44. The fourth-order valence-corrected chi connectivity index (χ4v) is 6.44. The van der Waals surface area contributed by atoms with Crippen molar-refractivity contribution in [2.24, 2.45) is 0 Å². The molecule has 0 saturated heterocycles. The first-order chi connectivity index (χ1) is 38.7. The molecule has 10 aromatic heterocycles. The third-order valence-corrected chi connectivity index (χ3v) is 11.5. The van der Waals surface area contributed by atoms with E-state index in [4.69, 9.17) is 0 Å². The third kappa shape index (κ3) is 35.6. The van der Waals surface area contributed by atoms with Crippen molar-refractivity contribution in [2.45, 2.75) is 145 Å². The third-order valence-electron chi connectivity index (χ3n) is 11.5. The summed E-state index contributed by atoms with van der Waals surface area (Å²) in [4.78, 5) is 44.4. The zero-order valence-corrected chi connectivity index (χ0v) is 52.9. The van der Waals surface area contributed by atoms with Gasteiger partial charge in [-0.05, 0) is 273 Å². The molecule has 0 unspecified atom stereocenters. The van der Waals surface area contributed by atoms with Crippen molar-refractivity contribution in [3.63, 3.8) is 0 Å². The lowest BCUT2D eigenvalue weighted by Crippen LogP contribution is -2.23. The maximum absolute atomic E-state index is 10.3. The van der Waals surface area contributed by atoms with Gasteiger partial charge in [-0.1, -0.05) is 12.1 Å². The molecule has 0 spiro atoms. The van der Waals surface area contributed by atoms with Crippen molar-refractivity contribution >= 4 is 0 Å². The summed E-state index contributed by atoms with van der Waals surface area (Å²) < 4.78 is 0.771. The van der Waals surface area contributed by atoms with Gasteiger partial charge in [-0.25, -0.2) is 19.9 Å². The first-order valence-electron chi connectivity index (χ1n) is 27.1. The summed E-state index contributed by atoms with van der Waals surface area (Å²) in [6.45, 7) is 42.4. The van der Waals surface area contributed by atoms with Crippen LogP contribution < -0.4 is 4.73 Å². The molecule has 0 aliphatic carbocycles. The minimum atomic E-state index is 0.771. The monoisotopic (exact) mass is 1100 g/mol. The van der Waals surface area contributed by atoms with Gasteiger partial charge >= 0.3 is 0 Å². The zero-order chi connectivity index (χ0) is 61.6. The second-order valence-corrected chi connectivity index (χ2v) is 19.8. The molecule has 0 radical (unpaired) electrons. The zero-order valence-electron chi connectivity index (χ0n) is 52.9. The highest BCUT2D eigenvalue weighted by molar-refractivity contribution is 5.24. The van der Waals surface area contributed by atoms with E-state index in [0.717, 1.165) is 67.5 Å². The van der Waals surface area contributed by atoms with Gasteiger partial charge in [0.15, 0.2) is 12.4 Å². The van der Waals surface area contributed by atoms with Gasteiger partial charge in [-0.3, -0.25) is 34.9 Å². The lowest BCUT2D eigenvalue weighted by atomic mass is 10.2. The molecule has 0 aliphatic rings. The van der Waals surface area contributed by atoms with Crippen molar-refractivity contribution in [1.29, 1.82) is 0 Å². The molecule has 0 amide bonds. The molecule has 432 valence electrons. The lowest BCUT2D eigenvalue weighted by molar-refractivity contribution is -0.605. The second kappa shape index (κ2) is 40.4. The summed E-state index contributed by atoms with van der Waals surface area (Å²) >= 11 is 0. The van der Waals surface area contributed by atoms with Crippen molar-refractivity contribution in [3.8, 4) is 0 Å². The summed E-state index contributed by atoms with van der Waals surface area (Å²) in [5.41, 5.74) is 22.6. The van der Waals surface area contributed by atoms with Crippen LogP contribution in [0.4, 0.5) is 0 Å². The van der Waals surface area contributed by atoms with E-state index in [1.165, 1.54) is 68.0 Å². The number of rotatable bonds is 0. The maximum Gasteiger partial charge on any atom is 0.180 e. The van der Waals surface area contributed by atoms with E-state index >= 15 is 0 Å². The summed E-state index contributed by atoms with van der Waals surface area (Å²) in [5.74, 6) is 1.66. The van der Waals surface area contributed by atoms with E-state index < -0.39 is 0 Å². The lowest BCUT2D eigenvalue weighted by Gasteiger charge is -1.97. The van der Waals surface area contributed by atoms with Gasteiger partial charge in [-0.15, -0.1) is 0 Å². The van der Waals surface area contributed by atoms with Gasteiger partial charge in [0.05, 0.1) is 0 Å². The van der Waals surface area contributed by atoms with Crippen LogP contribution in [0, 0.1) is 151 Å². The molecule has 10 rings (SSSR count). The molecule has 0 aliphatic heterocycles. The average molecular weight is 1100 g/mol. The molecule has 82 heavy (non-hydrogen) atoms. The topological polar surface area (TPSA) is 169 Å². The van der Waals surface area contributed by atoms with Gasteiger partial charge in [0.25, 0.3) is 0 Å². The highest BCUT2D eigenvalue weighted by Gasteiger charge is 1.94. The summed E-state index contributed by atoms with van der Waals surface area (Å²) in [5, 5.41) is 10.3. The smallest absolute Gasteiger partial charge is 0.180 e. The number of hydrogen-bond acceptors (Lipinski definition) is 12. The maximum atomic E-state index is 10.3. The minimum absolute atomic E-state index is 0.771. The van der Waals surface area contributed by atoms with Gasteiger partial charge in [0.2, 0.25) is 0 Å². The first kappa shape index (κ1) is 71.2. The molecular weight excluding hydrogens is 1010 g/mol. The number of nitrogens with zero attached hydrogens (tertiary/aromatic N) is 12. The fraction of sp³-hybridized carbons (Fsp3) is 0.304. The molecule has 0 atom stereocenters. The van der Waals surface area contributed by atoms with Gasteiger partial charge in [-0.2, -0.15) is 4.73 Å². The summed E-state index contributed by atoms with van der Waals surface area (Å²) in [7, 11) is 0. The van der Waals surface area contributed by atoms with Crippen LogP contribution in [-0.2, 0) is 0 Å². The molecule has 0 bridgehead atoms. The Balaban J connectivity index is 0.000000456. The summed E-state index contributed by atoms with van der Waals surface area (Å²) in [6, 6.07) is 29.7. The molecule has 10 heterocycles. The largest absolute Gasteiger partial charge is 0.619 e. The Morgan fingerprint density at radius 2 is 0.805 bits per heavy atom. The molecule has 0 saturated carbocycles. The average Bonchev–Trinajstić information content (AvgIpc) is 3.42. The van der Waals surface area contributed by atoms with Gasteiger partial charge in [0.1, 0.15) is 11.6 Å². The molecule has 0 N–H and O–H groups in total. The quantitative estimate of drug-likeness (QED) is 0.104. The van der Waals surface area contributed by atoms with Crippen molar-refractivity contribution in [2.75, 3.05) is 0 Å². The summed E-state index contributed by atoms with van der Waals surface area (Å²) in [6.07, 6.45) is 21.0. The highest BCUT2D eigenvalue weighted by Crippen LogP contribution is 2.07. The van der Waals surface area contributed by atoms with Crippen LogP contribution in [0.1, 0.15) is 118 Å². The normalized spacial score (nSPS) is 9.33. The number of aromatic nitrogens is 12. The van der Waals surface area contributed by atoms with Crippen LogP contribution in [0.25, 0.3) is 0 Å². The van der Waals surface area contributed by atoms with Crippen LogP contribution in [-0.4, -0.2) is 54.8 Å². The molecule has 13 nitrogen and oxygen atoms in total. The predicted octanol–water partition coefficient (Wildman–Crippen LogP) is 15.3. The van der Waals surface area contributed by atoms with Crippen LogP contribution in [0.2, 0.25) is 0 Å². The van der Waals surface area contributed by atoms with Gasteiger partial charge in [0, 0.05) is 120 Å². The van der Waals surface area contributed by atoms with Crippen molar-refractivity contribution in [3.05, 3.63) is 289 Å². The van der Waals surface area contributed by atoms with Crippen LogP contribution in [0.5, 0.6) is 0 Å². The van der Waals surface area contributed by atoms with Crippen molar-refractivity contribution < 1.29 is 4.73 Å². The Morgan fingerprint density at radius 3 is 1.18 bits per heavy atom. The highest BCUT2D eigenvalue weighted by atomic mass is 16.5. The molecule has 13 heteroatoms. The van der Waals surface area contributed by atoms with E-state index in [2.05, 4.69) is 154 Å². The van der Waals surface area contributed by atoms with Crippen molar-refractivity contribution in [1.82, 2.24) is 54.8 Å². The van der Waals surface area contributed by atoms with E-state index in [1.54, 1.807) is 49.2 Å². The van der Waals surface area contributed by atoms with E-state index in [-0.39, 0.29) is 0 Å². The van der Waals surface area contributed by atoms with Crippen LogP contribution in [0.3, 0.4) is 0 Å². The Labute approximate surface area is 491 Å². The first-order valence-corrected chi connectivity index (χ1v) is 27.1. The van der Waals surface area contributed by atoms with Gasteiger partial charge < -0.3 is 5.21 Å². The number of pyridine rings is 8.